The predicted octanol–water partition coefficient (Wildman–Crippen LogP) is 4.47. The number of halogens is 1. The molecule has 0 aliphatic carbocycles. The zero-order valence-corrected chi connectivity index (χ0v) is 19.2. The van der Waals surface area contributed by atoms with Gasteiger partial charge in [-0.2, -0.15) is 5.10 Å². The molecule has 0 N–H and O–H groups in total. The van der Waals surface area contributed by atoms with E-state index in [1.807, 2.05) is 22.8 Å². The van der Waals surface area contributed by atoms with Crippen molar-refractivity contribution in [3.05, 3.63) is 40.6 Å². The molecule has 0 saturated carbocycles. The molecule has 28 heavy (non-hydrogen) atoms. The number of imidazole rings is 1. The van der Waals surface area contributed by atoms with E-state index in [0.717, 1.165) is 21.6 Å². The first kappa shape index (κ1) is 20.8. The predicted molar refractivity (Wildman–Crippen MR) is 115 cm³/mol. The Morgan fingerprint density at radius 2 is 2.07 bits per heavy atom. The van der Waals surface area contributed by atoms with Gasteiger partial charge in [-0.25, -0.2) is 14.5 Å². The third kappa shape index (κ3) is 4.89. The summed E-state index contributed by atoms with van der Waals surface area (Å²) in [4.78, 5) is 16.7. The summed E-state index contributed by atoms with van der Waals surface area (Å²) in [7, 11) is -1.16. The van der Waals surface area contributed by atoms with E-state index >= 15 is 0 Å². The molecule has 150 valence electrons. The number of benzene rings is 1. The van der Waals surface area contributed by atoms with Crippen LogP contribution in [-0.2, 0) is 16.2 Å². The minimum Gasteiger partial charge on any atom is -0.462 e. The van der Waals surface area contributed by atoms with Gasteiger partial charge in [-0.05, 0) is 31.2 Å². The molecule has 9 heteroatoms. The third-order valence-corrected chi connectivity index (χ3v) is 6.40. The minimum atomic E-state index is -1.16. The van der Waals surface area contributed by atoms with Crippen LogP contribution in [0.25, 0.3) is 17.0 Å². The fourth-order valence-corrected chi connectivity index (χ4v) is 3.78. The first-order valence-electron chi connectivity index (χ1n) is 9.24. The number of esters is 1. The van der Waals surface area contributed by atoms with Crippen molar-refractivity contribution in [1.82, 2.24) is 19.3 Å². The lowest BCUT2D eigenvalue weighted by Crippen LogP contribution is -2.22. The van der Waals surface area contributed by atoms with Crippen LogP contribution in [-0.4, -0.2) is 46.6 Å². The number of rotatable bonds is 8. The van der Waals surface area contributed by atoms with Crippen LogP contribution in [0.2, 0.25) is 25.7 Å². The number of hydrogen-bond acceptors (Lipinski definition) is 5. The standard InChI is InChI=1S/C19H25BrN4O3Si/c1-5-27-18(25)14-11-21-24(12-14)19-22-16-10-15(20)6-7-17(16)23(19)13-26-8-9-28(2,3)4/h6-7,10-12H,5,8-9,13H2,1-4H3. The van der Waals surface area contributed by atoms with E-state index in [1.54, 1.807) is 17.8 Å². The number of carbonyl (C=O) groups is 1. The molecule has 0 radical (unpaired) electrons. The molecule has 0 saturated heterocycles. The third-order valence-electron chi connectivity index (χ3n) is 4.21. The highest BCUT2D eigenvalue weighted by atomic mass is 79.9. The Bertz CT molecular complexity index is 977. The number of ether oxygens (including phenoxy) is 2. The molecule has 0 amide bonds. The molecule has 0 bridgehead atoms. The Morgan fingerprint density at radius 3 is 2.79 bits per heavy atom. The van der Waals surface area contributed by atoms with Crippen LogP contribution in [0.4, 0.5) is 0 Å². The Morgan fingerprint density at radius 1 is 1.29 bits per heavy atom. The molecule has 0 unspecified atom stereocenters. The van der Waals surface area contributed by atoms with Crippen molar-refractivity contribution in [2.24, 2.45) is 0 Å². The lowest BCUT2D eigenvalue weighted by Gasteiger charge is -2.16. The SMILES string of the molecule is CCOC(=O)c1cnn(-c2nc3cc(Br)ccc3n2COCC[Si](C)(C)C)c1. The van der Waals surface area contributed by atoms with Crippen molar-refractivity contribution >= 4 is 41.0 Å². The summed E-state index contributed by atoms with van der Waals surface area (Å²) >= 11 is 3.49. The average Bonchev–Trinajstić information content (AvgIpc) is 3.22. The van der Waals surface area contributed by atoms with Gasteiger partial charge in [0.25, 0.3) is 0 Å². The summed E-state index contributed by atoms with van der Waals surface area (Å²) in [5.41, 5.74) is 2.16. The van der Waals surface area contributed by atoms with Gasteiger partial charge in [0.1, 0.15) is 6.73 Å². The highest BCUT2D eigenvalue weighted by Gasteiger charge is 2.17. The number of nitrogens with zero attached hydrogens (tertiary/aromatic N) is 4. The summed E-state index contributed by atoms with van der Waals surface area (Å²) in [6.45, 7) is 10.1. The van der Waals surface area contributed by atoms with E-state index in [1.165, 1.54) is 6.20 Å². The number of aromatic nitrogens is 4. The van der Waals surface area contributed by atoms with Gasteiger partial charge in [0, 0.05) is 25.4 Å². The van der Waals surface area contributed by atoms with Crippen molar-refractivity contribution in [1.29, 1.82) is 0 Å². The molecule has 0 spiro atoms. The van der Waals surface area contributed by atoms with Crippen LogP contribution in [0.5, 0.6) is 0 Å². The quantitative estimate of drug-likeness (QED) is 0.279. The summed E-state index contributed by atoms with van der Waals surface area (Å²) in [6.07, 6.45) is 3.12. The Hall–Kier alpha value is -1.97. The molecular formula is C19H25BrN4O3Si. The fraction of sp³-hybridized carbons (Fsp3) is 0.421. The van der Waals surface area contributed by atoms with E-state index in [4.69, 9.17) is 14.5 Å². The van der Waals surface area contributed by atoms with Crippen LogP contribution in [0.15, 0.2) is 35.1 Å². The van der Waals surface area contributed by atoms with E-state index in [0.29, 0.717) is 31.5 Å². The van der Waals surface area contributed by atoms with Crippen LogP contribution in [0, 0.1) is 0 Å². The first-order valence-corrected chi connectivity index (χ1v) is 13.7. The number of fused-ring (bicyclic) bond motifs is 1. The molecular weight excluding hydrogens is 440 g/mol. The lowest BCUT2D eigenvalue weighted by atomic mass is 10.3. The van der Waals surface area contributed by atoms with Gasteiger partial charge in [0.15, 0.2) is 0 Å². The molecule has 3 aromatic rings. The monoisotopic (exact) mass is 464 g/mol. The lowest BCUT2D eigenvalue weighted by molar-refractivity contribution is 0.0526. The van der Waals surface area contributed by atoms with Crippen molar-refractivity contribution < 1.29 is 14.3 Å². The maximum absolute atomic E-state index is 12.0. The maximum atomic E-state index is 12.0. The van der Waals surface area contributed by atoms with Gasteiger partial charge in [-0.15, -0.1) is 0 Å². The maximum Gasteiger partial charge on any atom is 0.341 e. The molecule has 2 aromatic heterocycles. The first-order chi connectivity index (χ1) is 13.3. The van der Waals surface area contributed by atoms with E-state index in [9.17, 15) is 4.79 Å². The highest BCUT2D eigenvalue weighted by molar-refractivity contribution is 9.10. The molecule has 0 aliphatic rings. The smallest absolute Gasteiger partial charge is 0.341 e. The average molecular weight is 465 g/mol. The Balaban J connectivity index is 1.91. The van der Waals surface area contributed by atoms with E-state index < -0.39 is 14.0 Å². The van der Waals surface area contributed by atoms with E-state index in [-0.39, 0.29) is 0 Å². The van der Waals surface area contributed by atoms with Gasteiger partial charge < -0.3 is 9.47 Å². The minimum absolute atomic E-state index is 0.321. The molecule has 3 rings (SSSR count). The van der Waals surface area contributed by atoms with Crippen molar-refractivity contribution in [2.45, 2.75) is 39.3 Å². The normalized spacial score (nSPS) is 11.9. The van der Waals surface area contributed by atoms with Gasteiger partial charge >= 0.3 is 5.97 Å². The molecule has 0 atom stereocenters. The molecule has 1 aromatic carbocycles. The highest BCUT2D eigenvalue weighted by Crippen LogP contribution is 2.23. The fourth-order valence-electron chi connectivity index (χ4n) is 2.68. The summed E-state index contributed by atoms with van der Waals surface area (Å²) in [6, 6.07) is 7.01. The van der Waals surface area contributed by atoms with E-state index in [2.05, 4.69) is 40.7 Å². The van der Waals surface area contributed by atoms with Crippen LogP contribution < -0.4 is 0 Å². The van der Waals surface area contributed by atoms with Crippen LogP contribution in [0.1, 0.15) is 17.3 Å². The van der Waals surface area contributed by atoms with Gasteiger partial charge in [-0.3, -0.25) is 4.57 Å². The van der Waals surface area contributed by atoms with Crippen molar-refractivity contribution in [3.63, 3.8) is 0 Å². The Labute approximate surface area is 173 Å². The van der Waals surface area contributed by atoms with Gasteiger partial charge in [0.05, 0.1) is 29.4 Å². The molecule has 7 nitrogen and oxygen atoms in total. The van der Waals surface area contributed by atoms with Gasteiger partial charge in [0.2, 0.25) is 5.95 Å². The zero-order valence-electron chi connectivity index (χ0n) is 16.6. The van der Waals surface area contributed by atoms with Gasteiger partial charge in [-0.1, -0.05) is 35.6 Å². The Kier molecular flexibility index (Phi) is 6.36. The number of hydrogen-bond donors (Lipinski definition) is 0. The zero-order chi connectivity index (χ0) is 20.3. The second-order valence-electron chi connectivity index (χ2n) is 7.71. The second kappa shape index (κ2) is 8.58. The topological polar surface area (TPSA) is 71.2 Å². The second-order valence-corrected chi connectivity index (χ2v) is 14.3. The number of carbonyl (C=O) groups excluding carboxylic acids is 1. The summed E-state index contributed by atoms with van der Waals surface area (Å²) in [5.74, 6) is 0.196. The summed E-state index contributed by atoms with van der Waals surface area (Å²) in [5, 5.41) is 4.31. The molecule has 2 heterocycles. The summed E-state index contributed by atoms with van der Waals surface area (Å²) < 4.78 is 15.5. The van der Waals surface area contributed by atoms with Crippen molar-refractivity contribution in [2.75, 3.05) is 13.2 Å². The molecule has 0 aliphatic heterocycles. The largest absolute Gasteiger partial charge is 0.462 e. The van der Waals surface area contributed by atoms with Crippen molar-refractivity contribution in [3.8, 4) is 5.95 Å². The van der Waals surface area contributed by atoms with Crippen LogP contribution in [0.3, 0.4) is 0 Å². The molecule has 0 fully saturated rings. The van der Waals surface area contributed by atoms with Crippen LogP contribution >= 0.6 is 15.9 Å².